The highest BCUT2D eigenvalue weighted by molar-refractivity contribution is 6.19. The monoisotopic (exact) mass is 523 g/mol. The Hall–Kier alpha value is -5.54. The van der Waals surface area contributed by atoms with Crippen molar-refractivity contribution in [2.45, 2.75) is 0 Å². The third kappa shape index (κ3) is 3.98. The zero-order valence-corrected chi connectivity index (χ0v) is 22.3. The molecule has 3 heterocycles. The van der Waals surface area contributed by atoms with Crippen LogP contribution in [0.4, 0.5) is 0 Å². The molecule has 0 atom stereocenters. The molecule has 8 aromatic rings. The molecule has 0 aliphatic rings. The maximum atomic E-state index is 4.55. The quantitative estimate of drug-likeness (QED) is 0.230. The van der Waals surface area contributed by atoms with Gasteiger partial charge >= 0.3 is 0 Å². The average molecular weight is 524 g/mol. The first kappa shape index (κ1) is 23.4. The summed E-state index contributed by atoms with van der Waals surface area (Å²) in [6.07, 6.45) is 5.54. The van der Waals surface area contributed by atoms with Gasteiger partial charge in [0, 0.05) is 46.0 Å². The van der Waals surface area contributed by atoms with Crippen molar-refractivity contribution in [1.29, 1.82) is 0 Å². The summed E-state index contributed by atoms with van der Waals surface area (Å²) in [5.41, 5.74) is 10.4. The lowest BCUT2D eigenvalue weighted by Crippen LogP contribution is -1.94. The molecule has 0 saturated heterocycles. The zero-order valence-electron chi connectivity index (χ0n) is 22.3. The fourth-order valence-electron chi connectivity index (χ4n) is 5.98. The molecule has 3 nitrogen and oxygen atoms in total. The van der Waals surface area contributed by atoms with Gasteiger partial charge in [0.25, 0.3) is 0 Å². The van der Waals surface area contributed by atoms with E-state index in [1.165, 1.54) is 49.3 Å². The number of nitrogens with zero attached hydrogens (tertiary/aromatic N) is 3. The topological polar surface area (TPSA) is 30.7 Å². The Kier molecular flexibility index (Phi) is 5.46. The van der Waals surface area contributed by atoms with Gasteiger partial charge in [-0.15, -0.1) is 0 Å². The van der Waals surface area contributed by atoms with Gasteiger partial charge in [-0.3, -0.25) is 9.97 Å². The van der Waals surface area contributed by atoms with E-state index in [4.69, 9.17) is 0 Å². The summed E-state index contributed by atoms with van der Waals surface area (Å²) in [4.78, 5) is 8.75. The molecule has 0 bridgehead atoms. The molecule has 0 aliphatic heterocycles. The maximum Gasteiger partial charge on any atom is 0.0702 e. The zero-order chi connectivity index (χ0) is 27.2. The van der Waals surface area contributed by atoms with Gasteiger partial charge < -0.3 is 4.57 Å². The molecular formula is C38H25N3. The van der Waals surface area contributed by atoms with E-state index in [2.05, 4.69) is 136 Å². The van der Waals surface area contributed by atoms with Crippen LogP contribution >= 0.6 is 0 Å². The van der Waals surface area contributed by atoms with Crippen molar-refractivity contribution < 1.29 is 0 Å². The molecule has 3 aromatic heterocycles. The van der Waals surface area contributed by atoms with Crippen LogP contribution in [0.1, 0.15) is 0 Å². The van der Waals surface area contributed by atoms with E-state index in [1.807, 2.05) is 30.7 Å². The van der Waals surface area contributed by atoms with Crippen LogP contribution in [-0.4, -0.2) is 14.5 Å². The van der Waals surface area contributed by atoms with Crippen LogP contribution in [0.25, 0.3) is 71.8 Å². The smallest absolute Gasteiger partial charge is 0.0702 e. The van der Waals surface area contributed by atoms with Gasteiger partial charge in [-0.25, -0.2) is 0 Å². The molecule has 0 N–H and O–H groups in total. The van der Waals surface area contributed by atoms with Crippen LogP contribution < -0.4 is 0 Å². The third-order valence-corrected chi connectivity index (χ3v) is 7.93. The Morgan fingerprint density at radius 2 is 1.17 bits per heavy atom. The second kappa shape index (κ2) is 9.58. The second-order valence-corrected chi connectivity index (χ2v) is 10.3. The van der Waals surface area contributed by atoms with Gasteiger partial charge in [0.05, 0.1) is 16.7 Å². The predicted octanol–water partition coefficient (Wildman–Crippen LogP) is 9.73. The van der Waals surface area contributed by atoms with Crippen molar-refractivity contribution in [2.75, 3.05) is 0 Å². The van der Waals surface area contributed by atoms with Crippen molar-refractivity contribution in [3.8, 4) is 39.2 Å². The van der Waals surface area contributed by atoms with Gasteiger partial charge in [-0.1, -0.05) is 78.9 Å². The first-order valence-electron chi connectivity index (χ1n) is 13.8. The van der Waals surface area contributed by atoms with Crippen LogP contribution in [0, 0.1) is 0 Å². The van der Waals surface area contributed by atoms with E-state index < -0.39 is 0 Å². The summed E-state index contributed by atoms with van der Waals surface area (Å²) < 4.78 is 2.42. The molecule has 0 radical (unpaired) electrons. The number of fused-ring (bicyclic) bond motifs is 5. The summed E-state index contributed by atoms with van der Waals surface area (Å²) in [6, 6.07) is 47.6. The molecule has 192 valence electrons. The number of aromatic nitrogens is 3. The number of benzene rings is 5. The molecule has 0 amide bonds. The van der Waals surface area contributed by atoms with Gasteiger partial charge in [-0.05, 0) is 82.2 Å². The number of para-hydroxylation sites is 1. The standard InChI is InChI=1S/C38H25N3/c1-2-9-32(10-3-1)41-37-25-29(26-18-21-39-22-19-26)13-16-34(37)35-17-14-30-23-28(12-15-33(30)38(35)41)27-7-6-8-31(24-27)36-11-4-5-20-40-36/h1-25H. The van der Waals surface area contributed by atoms with Crippen molar-refractivity contribution in [1.82, 2.24) is 14.5 Å². The number of pyridine rings is 2. The Balaban J connectivity index is 1.35. The first-order valence-corrected chi connectivity index (χ1v) is 13.8. The molecule has 8 rings (SSSR count). The molecule has 0 unspecified atom stereocenters. The summed E-state index contributed by atoms with van der Waals surface area (Å²) >= 11 is 0. The Bertz CT molecular complexity index is 2180. The number of rotatable bonds is 4. The minimum absolute atomic E-state index is 0.982. The van der Waals surface area contributed by atoms with Crippen molar-refractivity contribution in [2.24, 2.45) is 0 Å². The Labute approximate surface area is 238 Å². The molecule has 3 heteroatoms. The molecule has 41 heavy (non-hydrogen) atoms. The normalized spacial score (nSPS) is 11.4. The van der Waals surface area contributed by atoms with E-state index >= 15 is 0 Å². The first-order chi connectivity index (χ1) is 20.3. The van der Waals surface area contributed by atoms with E-state index in [0.29, 0.717) is 0 Å². The minimum atomic E-state index is 0.982. The summed E-state index contributed by atoms with van der Waals surface area (Å²) in [5, 5.41) is 4.95. The molecule has 0 saturated carbocycles. The largest absolute Gasteiger partial charge is 0.309 e. The van der Waals surface area contributed by atoms with Crippen molar-refractivity contribution in [3.05, 3.63) is 152 Å². The van der Waals surface area contributed by atoms with E-state index in [0.717, 1.165) is 22.5 Å². The van der Waals surface area contributed by atoms with Crippen LogP contribution in [0.15, 0.2) is 152 Å². The SMILES string of the molecule is c1ccc(-n2c3cc(-c4ccncc4)ccc3c3ccc4cc(-c5cccc(-c6ccccn6)c5)ccc4c32)cc1. The van der Waals surface area contributed by atoms with Gasteiger partial charge in [0.1, 0.15) is 0 Å². The van der Waals surface area contributed by atoms with Crippen LogP contribution in [0.2, 0.25) is 0 Å². The van der Waals surface area contributed by atoms with Gasteiger partial charge in [0.2, 0.25) is 0 Å². The number of hydrogen-bond acceptors (Lipinski definition) is 2. The second-order valence-electron chi connectivity index (χ2n) is 10.3. The van der Waals surface area contributed by atoms with E-state index in [1.54, 1.807) is 0 Å². The predicted molar refractivity (Wildman–Crippen MR) is 170 cm³/mol. The highest BCUT2D eigenvalue weighted by atomic mass is 15.0. The van der Waals surface area contributed by atoms with Crippen LogP contribution in [0.5, 0.6) is 0 Å². The highest BCUT2D eigenvalue weighted by Gasteiger charge is 2.16. The van der Waals surface area contributed by atoms with Crippen molar-refractivity contribution in [3.63, 3.8) is 0 Å². The Morgan fingerprint density at radius 3 is 2.00 bits per heavy atom. The van der Waals surface area contributed by atoms with E-state index in [-0.39, 0.29) is 0 Å². The third-order valence-electron chi connectivity index (χ3n) is 7.93. The average Bonchev–Trinajstić information content (AvgIpc) is 3.40. The lowest BCUT2D eigenvalue weighted by Gasteiger charge is -2.12. The fraction of sp³-hybridized carbons (Fsp3) is 0. The van der Waals surface area contributed by atoms with E-state index in [9.17, 15) is 0 Å². The molecule has 0 aliphatic carbocycles. The molecule has 0 fully saturated rings. The molecule has 0 spiro atoms. The lowest BCUT2D eigenvalue weighted by atomic mass is 9.97. The summed E-state index contributed by atoms with van der Waals surface area (Å²) in [5.74, 6) is 0. The minimum Gasteiger partial charge on any atom is -0.309 e. The maximum absolute atomic E-state index is 4.55. The highest BCUT2D eigenvalue weighted by Crippen LogP contribution is 2.39. The Morgan fingerprint density at radius 1 is 0.439 bits per heavy atom. The van der Waals surface area contributed by atoms with Gasteiger partial charge in [0.15, 0.2) is 0 Å². The van der Waals surface area contributed by atoms with Crippen LogP contribution in [-0.2, 0) is 0 Å². The lowest BCUT2D eigenvalue weighted by molar-refractivity contribution is 1.19. The molecule has 5 aromatic carbocycles. The number of hydrogen-bond donors (Lipinski definition) is 0. The molecular weight excluding hydrogens is 498 g/mol. The fourth-order valence-corrected chi connectivity index (χ4v) is 5.98. The van der Waals surface area contributed by atoms with Crippen LogP contribution in [0.3, 0.4) is 0 Å². The van der Waals surface area contributed by atoms with Crippen molar-refractivity contribution >= 4 is 32.6 Å². The summed E-state index contributed by atoms with van der Waals surface area (Å²) in [7, 11) is 0. The summed E-state index contributed by atoms with van der Waals surface area (Å²) in [6.45, 7) is 0. The van der Waals surface area contributed by atoms with Gasteiger partial charge in [-0.2, -0.15) is 0 Å².